The molecule has 1 heterocycles. The molecule has 1 aromatic rings. The molecule has 100 valence electrons. The zero-order valence-electron chi connectivity index (χ0n) is 10.2. The Morgan fingerprint density at radius 2 is 2.22 bits per heavy atom. The number of carbonyl (C=O) groups excluding carboxylic acids is 1. The van der Waals surface area contributed by atoms with Crippen molar-refractivity contribution in [2.45, 2.75) is 32.9 Å². The second-order valence-corrected chi connectivity index (χ2v) is 4.19. The number of nitrogens with zero attached hydrogens (tertiary/aromatic N) is 2. The van der Waals surface area contributed by atoms with Gasteiger partial charge in [-0.05, 0) is 12.3 Å². The zero-order valence-corrected chi connectivity index (χ0v) is 10.2. The minimum absolute atomic E-state index is 0.0797. The van der Waals surface area contributed by atoms with Crippen LogP contribution in [0.1, 0.15) is 26.1 Å². The maximum absolute atomic E-state index is 11.5. The number of rotatable bonds is 6. The van der Waals surface area contributed by atoms with Crippen LogP contribution in [0.4, 0.5) is 4.79 Å². The molecule has 0 saturated heterocycles. The van der Waals surface area contributed by atoms with Gasteiger partial charge in [0.05, 0.1) is 6.54 Å². The molecule has 18 heavy (non-hydrogen) atoms. The molecule has 0 saturated carbocycles. The van der Waals surface area contributed by atoms with Crippen LogP contribution in [-0.4, -0.2) is 33.3 Å². The molecule has 0 radical (unpaired) electrons. The molecular formula is C10H16N4O4. The SMILES string of the molecule is CC(C)C[C@@H](NC(=O)NCc1ncon1)C(=O)O. The van der Waals surface area contributed by atoms with Crippen LogP contribution in [-0.2, 0) is 11.3 Å². The molecule has 0 spiro atoms. The first-order chi connectivity index (χ1) is 8.49. The average molecular weight is 256 g/mol. The van der Waals surface area contributed by atoms with E-state index in [-0.39, 0.29) is 12.5 Å². The molecule has 0 fully saturated rings. The first kappa shape index (κ1) is 13.9. The van der Waals surface area contributed by atoms with E-state index in [0.29, 0.717) is 12.2 Å². The Bertz CT molecular complexity index is 391. The van der Waals surface area contributed by atoms with E-state index in [9.17, 15) is 9.59 Å². The Hall–Kier alpha value is -2.12. The molecule has 1 atom stereocenters. The van der Waals surface area contributed by atoms with E-state index in [2.05, 4.69) is 25.3 Å². The summed E-state index contributed by atoms with van der Waals surface area (Å²) in [7, 11) is 0. The van der Waals surface area contributed by atoms with Gasteiger partial charge >= 0.3 is 12.0 Å². The van der Waals surface area contributed by atoms with Gasteiger partial charge in [0, 0.05) is 0 Å². The number of nitrogens with one attached hydrogen (secondary N) is 2. The van der Waals surface area contributed by atoms with Gasteiger partial charge in [0.25, 0.3) is 0 Å². The highest BCUT2D eigenvalue weighted by Gasteiger charge is 2.20. The fourth-order valence-corrected chi connectivity index (χ4v) is 1.33. The fraction of sp³-hybridized carbons (Fsp3) is 0.600. The van der Waals surface area contributed by atoms with Crippen molar-refractivity contribution in [3.8, 4) is 0 Å². The van der Waals surface area contributed by atoms with E-state index in [0.717, 1.165) is 6.39 Å². The Morgan fingerprint density at radius 3 is 2.72 bits per heavy atom. The van der Waals surface area contributed by atoms with Gasteiger partial charge in [-0.25, -0.2) is 9.59 Å². The summed E-state index contributed by atoms with van der Waals surface area (Å²) in [5, 5.41) is 17.3. The van der Waals surface area contributed by atoms with Gasteiger partial charge in [-0.3, -0.25) is 0 Å². The minimum atomic E-state index is -1.06. The maximum atomic E-state index is 11.5. The van der Waals surface area contributed by atoms with Crippen molar-refractivity contribution in [1.29, 1.82) is 0 Å². The van der Waals surface area contributed by atoms with Crippen LogP contribution in [0.15, 0.2) is 10.9 Å². The third-order valence-corrected chi connectivity index (χ3v) is 2.12. The predicted molar refractivity (Wildman–Crippen MR) is 60.5 cm³/mol. The van der Waals surface area contributed by atoms with Crippen molar-refractivity contribution in [2.75, 3.05) is 0 Å². The van der Waals surface area contributed by atoms with Crippen LogP contribution in [0.3, 0.4) is 0 Å². The van der Waals surface area contributed by atoms with Crippen LogP contribution in [0.2, 0.25) is 0 Å². The third kappa shape index (κ3) is 4.81. The summed E-state index contributed by atoms with van der Waals surface area (Å²) >= 11 is 0. The molecule has 0 aromatic carbocycles. The monoisotopic (exact) mass is 256 g/mol. The average Bonchev–Trinajstić information content (AvgIpc) is 2.77. The number of hydrogen-bond acceptors (Lipinski definition) is 5. The highest BCUT2D eigenvalue weighted by molar-refractivity contribution is 5.82. The van der Waals surface area contributed by atoms with E-state index in [1.54, 1.807) is 0 Å². The Morgan fingerprint density at radius 1 is 1.50 bits per heavy atom. The van der Waals surface area contributed by atoms with Crippen molar-refractivity contribution in [3.05, 3.63) is 12.2 Å². The summed E-state index contributed by atoms with van der Waals surface area (Å²) in [5.41, 5.74) is 0. The predicted octanol–water partition coefficient (Wildman–Crippen LogP) is 0.368. The van der Waals surface area contributed by atoms with Gasteiger partial charge in [-0.1, -0.05) is 19.0 Å². The second kappa shape index (κ2) is 6.58. The largest absolute Gasteiger partial charge is 0.480 e. The van der Waals surface area contributed by atoms with E-state index >= 15 is 0 Å². The van der Waals surface area contributed by atoms with Crippen molar-refractivity contribution in [2.24, 2.45) is 5.92 Å². The van der Waals surface area contributed by atoms with Gasteiger partial charge in [-0.15, -0.1) is 0 Å². The normalized spacial score (nSPS) is 12.2. The van der Waals surface area contributed by atoms with Crippen LogP contribution in [0.25, 0.3) is 0 Å². The summed E-state index contributed by atoms with van der Waals surface area (Å²) < 4.78 is 4.49. The molecule has 0 bridgehead atoms. The Kier molecular flexibility index (Phi) is 5.09. The number of urea groups is 1. The smallest absolute Gasteiger partial charge is 0.326 e. The number of aromatic nitrogens is 2. The van der Waals surface area contributed by atoms with Gasteiger partial charge in [0.1, 0.15) is 6.04 Å². The summed E-state index contributed by atoms with van der Waals surface area (Å²) in [5.74, 6) is -0.567. The quantitative estimate of drug-likeness (QED) is 0.676. The Balaban J connectivity index is 2.39. The second-order valence-electron chi connectivity index (χ2n) is 4.19. The van der Waals surface area contributed by atoms with Crippen LogP contribution < -0.4 is 10.6 Å². The number of hydrogen-bond donors (Lipinski definition) is 3. The summed E-state index contributed by atoms with van der Waals surface area (Å²) in [4.78, 5) is 26.1. The minimum Gasteiger partial charge on any atom is -0.480 e. The molecule has 0 aliphatic heterocycles. The van der Waals surface area contributed by atoms with E-state index in [1.807, 2.05) is 13.8 Å². The molecule has 8 nitrogen and oxygen atoms in total. The highest BCUT2D eigenvalue weighted by atomic mass is 16.5. The maximum Gasteiger partial charge on any atom is 0.326 e. The summed E-state index contributed by atoms with van der Waals surface area (Å²) in [6.07, 6.45) is 1.51. The molecule has 0 aliphatic carbocycles. The van der Waals surface area contributed by atoms with Gasteiger partial charge in [-0.2, -0.15) is 4.98 Å². The first-order valence-electron chi connectivity index (χ1n) is 5.51. The lowest BCUT2D eigenvalue weighted by Crippen LogP contribution is -2.46. The topological polar surface area (TPSA) is 117 Å². The van der Waals surface area contributed by atoms with E-state index in [4.69, 9.17) is 5.11 Å². The van der Waals surface area contributed by atoms with Gasteiger partial charge < -0.3 is 20.3 Å². The van der Waals surface area contributed by atoms with Gasteiger partial charge in [0.15, 0.2) is 5.82 Å². The number of aliphatic carboxylic acids is 1. The van der Waals surface area contributed by atoms with Crippen LogP contribution in [0.5, 0.6) is 0 Å². The van der Waals surface area contributed by atoms with Crippen molar-refractivity contribution >= 4 is 12.0 Å². The van der Waals surface area contributed by atoms with E-state index in [1.165, 1.54) is 0 Å². The van der Waals surface area contributed by atoms with Crippen molar-refractivity contribution < 1.29 is 19.2 Å². The molecule has 3 N–H and O–H groups in total. The van der Waals surface area contributed by atoms with Crippen LogP contribution >= 0.6 is 0 Å². The lowest BCUT2D eigenvalue weighted by Gasteiger charge is -2.16. The molecule has 8 heteroatoms. The molecule has 2 amide bonds. The molecule has 1 aromatic heterocycles. The number of carboxylic acids is 1. The molecule has 0 unspecified atom stereocenters. The fourth-order valence-electron chi connectivity index (χ4n) is 1.33. The number of amides is 2. The Labute approximate surface area is 104 Å². The zero-order chi connectivity index (χ0) is 13.5. The standard InChI is InChI=1S/C10H16N4O4/c1-6(2)3-7(9(15)16)13-10(17)11-4-8-12-5-18-14-8/h5-7H,3-4H2,1-2H3,(H,15,16)(H2,11,13,17)/t7-/m1/s1. The lowest BCUT2D eigenvalue weighted by molar-refractivity contribution is -0.139. The summed E-state index contributed by atoms with van der Waals surface area (Å²) in [6.45, 7) is 3.85. The summed E-state index contributed by atoms with van der Waals surface area (Å²) in [6, 6.07) is -1.48. The van der Waals surface area contributed by atoms with E-state index < -0.39 is 18.0 Å². The highest BCUT2D eigenvalue weighted by Crippen LogP contribution is 2.04. The van der Waals surface area contributed by atoms with Crippen LogP contribution in [0, 0.1) is 5.92 Å². The molecular weight excluding hydrogens is 240 g/mol. The third-order valence-electron chi connectivity index (χ3n) is 2.12. The molecule has 0 aliphatic rings. The number of carboxylic acid groups (broad SMARTS) is 1. The first-order valence-corrected chi connectivity index (χ1v) is 5.51. The lowest BCUT2D eigenvalue weighted by atomic mass is 10.0. The van der Waals surface area contributed by atoms with Crippen molar-refractivity contribution in [1.82, 2.24) is 20.8 Å². The van der Waals surface area contributed by atoms with Crippen molar-refractivity contribution in [3.63, 3.8) is 0 Å². The number of carbonyl (C=O) groups is 2. The molecule has 1 rings (SSSR count). The van der Waals surface area contributed by atoms with Gasteiger partial charge in [0.2, 0.25) is 6.39 Å².